The van der Waals surface area contributed by atoms with Crippen LogP contribution < -0.4 is 5.73 Å². The Balaban J connectivity index is 0.00000225. The van der Waals surface area contributed by atoms with Crippen molar-refractivity contribution >= 4 is 30.1 Å². The van der Waals surface area contributed by atoms with Gasteiger partial charge in [-0.2, -0.15) is 0 Å². The van der Waals surface area contributed by atoms with Crippen molar-refractivity contribution < 1.29 is 4.79 Å². The molecule has 96 valence electrons. The van der Waals surface area contributed by atoms with Crippen LogP contribution in [0.3, 0.4) is 0 Å². The average molecular weight is 267 g/mol. The van der Waals surface area contributed by atoms with Crippen LogP contribution in [0, 0.1) is 5.92 Å². The molecule has 0 aromatic heterocycles. The zero-order valence-corrected chi connectivity index (χ0v) is 12.0. The molecule has 0 saturated carbocycles. The first kappa shape index (κ1) is 16.1. The number of carbonyl (C=O) groups is 1. The van der Waals surface area contributed by atoms with E-state index in [0.29, 0.717) is 18.2 Å². The first-order chi connectivity index (χ1) is 6.92. The molecule has 1 atom stereocenters. The van der Waals surface area contributed by atoms with Crippen LogP contribution in [-0.4, -0.2) is 40.9 Å². The minimum absolute atomic E-state index is 0. The van der Waals surface area contributed by atoms with Gasteiger partial charge < -0.3 is 10.6 Å². The van der Waals surface area contributed by atoms with Crippen LogP contribution in [0.2, 0.25) is 0 Å². The highest BCUT2D eigenvalue weighted by atomic mass is 35.5. The summed E-state index contributed by atoms with van der Waals surface area (Å²) < 4.78 is 0.169. The van der Waals surface area contributed by atoms with E-state index in [9.17, 15) is 4.79 Å². The summed E-state index contributed by atoms with van der Waals surface area (Å²) in [6, 6.07) is 0. The molecule has 0 aliphatic carbocycles. The number of likely N-dealkylation sites (tertiary alicyclic amines) is 1. The van der Waals surface area contributed by atoms with Crippen molar-refractivity contribution in [2.75, 3.05) is 25.4 Å². The number of nitrogens with zero attached hydrogens (tertiary/aromatic N) is 1. The molecule has 1 fully saturated rings. The number of halogens is 1. The Kier molecular flexibility index (Phi) is 6.75. The summed E-state index contributed by atoms with van der Waals surface area (Å²) in [5.74, 6) is 1.39. The molecule has 1 rings (SSSR count). The average Bonchev–Trinajstić information content (AvgIpc) is 2.61. The first-order valence-electron chi connectivity index (χ1n) is 5.54. The van der Waals surface area contributed by atoms with Gasteiger partial charge in [-0.05, 0) is 18.9 Å². The lowest BCUT2D eigenvalue weighted by Gasteiger charge is -2.21. The number of hydrogen-bond donors (Lipinski definition) is 1. The highest BCUT2D eigenvalue weighted by Gasteiger charge is 2.25. The van der Waals surface area contributed by atoms with E-state index in [4.69, 9.17) is 5.73 Å². The van der Waals surface area contributed by atoms with Gasteiger partial charge in [0.2, 0.25) is 5.91 Å². The van der Waals surface area contributed by atoms with Gasteiger partial charge in [-0.25, -0.2) is 0 Å². The number of nitrogens with two attached hydrogens (primary N) is 1. The van der Waals surface area contributed by atoms with E-state index >= 15 is 0 Å². The van der Waals surface area contributed by atoms with Crippen LogP contribution in [0.25, 0.3) is 0 Å². The zero-order valence-electron chi connectivity index (χ0n) is 10.4. The maximum absolute atomic E-state index is 11.8. The normalized spacial score (nSPS) is 20.8. The smallest absolute Gasteiger partial charge is 0.232 e. The van der Waals surface area contributed by atoms with Crippen LogP contribution in [0.5, 0.6) is 0 Å². The fourth-order valence-electron chi connectivity index (χ4n) is 1.62. The van der Waals surface area contributed by atoms with Gasteiger partial charge in [0.1, 0.15) is 0 Å². The second-order valence-corrected chi connectivity index (χ2v) is 6.93. The molecule has 1 unspecified atom stereocenters. The SMILES string of the molecule is CC(C)(C)SCC(=O)N1CCC(CN)C1.Cl. The van der Waals surface area contributed by atoms with Gasteiger partial charge in [0.25, 0.3) is 0 Å². The lowest BCUT2D eigenvalue weighted by Crippen LogP contribution is -2.32. The molecule has 1 aliphatic heterocycles. The van der Waals surface area contributed by atoms with Gasteiger partial charge in [-0.3, -0.25) is 4.79 Å². The predicted molar refractivity (Wildman–Crippen MR) is 73.2 cm³/mol. The molecular weight excluding hydrogens is 244 g/mol. The van der Waals surface area contributed by atoms with Crippen molar-refractivity contribution in [1.29, 1.82) is 0 Å². The number of hydrogen-bond acceptors (Lipinski definition) is 3. The van der Waals surface area contributed by atoms with E-state index in [-0.39, 0.29) is 23.1 Å². The van der Waals surface area contributed by atoms with Crippen LogP contribution in [0.1, 0.15) is 27.2 Å². The van der Waals surface area contributed by atoms with Crippen molar-refractivity contribution in [3.05, 3.63) is 0 Å². The number of carbonyl (C=O) groups excluding carboxylic acids is 1. The molecule has 1 heterocycles. The van der Waals surface area contributed by atoms with Crippen molar-refractivity contribution in [1.82, 2.24) is 4.90 Å². The van der Waals surface area contributed by atoms with Gasteiger partial charge in [0.15, 0.2) is 0 Å². The van der Waals surface area contributed by atoms with Crippen molar-refractivity contribution in [2.24, 2.45) is 11.7 Å². The lowest BCUT2D eigenvalue weighted by molar-refractivity contribution is -0.127. The van der Waals surface area contributed by atoms with Crippen LogP contribution >= 0.6 is 24.2 Å². The molecule has 5 heteroatoms. The Morgan fingerprint density at radius 1 is 1.50 bits per heavy atom. The summed E-state index contributed by atoms with van der Waals surface area (Å²) in [6.45, 7) is 8.87. The maximum Gasteiger partial charge on any atom is 0.232 e. The van der Waals surface area contributed by atoms with Gasteiger partial charge in [0, 0.05) is 17.8 Å². The molecule has 1 aliphatic rings. The number of amides is 1. The minimum atomic E-state index is 0. The summed E-state index contributed by atoms with van der Waals surface area (Å²) in [4.78, 5) is 13.8. The van der Waals surface area contributed by atoms with Gasteiger partial charge in [-0.1, -0.05) is 20.8 Å². The molecule has 0 spiro atoms. The molecule has 1 amide bonds. The molecular formula is C11H23ClN2OS. The van der Waals surface area contributed by atoms with E-state index in [1.807, 2.05) is 4.90 Å². The van der Waals surface area contributed by atoms with Crippen molar-refractivity contribution in [2.45, 2.75) is 31.9 Å². The van der Waals surface area contributed by atoms with E-state index in [2.05, 4.69) is 20.8 Å². The Labute approximate surface area is 109 Å². The van der Waals surface area contributed by atoms with E-state index in [1.54, 1.807) is 11.8 Å². The monoisotopic (exact) mass is 266 g/mol. The summed E-state index contributed by atoms with van der Waals surface area (Å²) in [7, 11) is 0. The molecule has 16 heavy (non-hydrogen) atoms. The Bertz CT molecular complexity index is 231. The second kappa shape index (κ2) is 6.72. The molecule has 0 aromatic carbocycles. The Morgan fingerprint density at radius 2 is 2.12 bits per heavy atom. The summed E-state index contributed by atoms with van der Waals surface area (Å²) in [5.41, 5.74) is 5.60. The molecule has 2 N–H and O–H groups in total. The molecule has 0 bridgehead atoms. The minimum Gasteiger partial charge on any atom is -0.342 e. The standard InChI is InChI=1S/C11H22N2OS.ClH/c1-11(2,3)15-8-10(14)13-5-4-9(6-12)7-13;/h9H,4-8,12H2,1-3H3;1H. The van der Waals surface area contributed by atoms with Crippen molar-refractivity contribution in [3.8, 4) is 0 Å². The Morgan fingerprint density at radius 3 is 2.56 bits per heavy atom. The third-order valence-electron chi connectivity index (χ3n) is 2.60. The van der Waals surface area contributed by atoms with Gasteiger partial charge in [0.05, 0.1) is 5.75 Å². The second-order valence-electron chi connectivity index (χ2n) is 5.13. The highest BCUT2D eigenvalue weighted by molar-refractivity contribution is 8.01. The third kappa shape index (κ3) is 5.41. The lowest BCUT2D eigenvalue weighted by atomic mass is 10.1. The summed E-state index contributed by atoms with van der Waals surface area (Å²) in [5, 5.41) is 0. The summed E-state index contributed by atoms with van der Waals surface area (Å²) in [6.07, 6.45) is 1.07. The molecule has 3 nitrogen and oxygen atoms in total. The van der Waals surface area contributed by atoms with Crippen molar-refractivity contribution in [3.63, 3.8) is 0 Å². The third-order valence-corrected chi connectivity index (χ3v) is 3.86. The first-order valence-corrected chi connectivity index (χ1v) is 6.53. The maximum atomic E-state index is 11.8. The zero-order chi connectivity index (χ0) is 11.5. The van der Waals surface area contributed by atoms with Crippen LogP contribution in [0.15, 0.2) is 0 Å². The molecule has 0 aromatic rings. The Hall–Kier alpha value is 0.0700. The summed E-state index contributed by atoms with van der Waals surface area (Å²) >= 11 is 1.71. The van der Waals surface area contributed by atoms with Crippen LogP contribution in [0.4, 0.5) is 0 Å². The van der Waals surface area contributed by atoms with Crippen LogP contribution in [-0.2, 0) is 4.79 Å². The topological polar surface area (TPSA) is 46.3 Å². The van der Waals surface area contributed by atoms with E-state index < -0.39 is 0 Å². The fourth-order valence-corrected chi connectivity index (χ4v) is 2.36. The highest BCUT2D eigenvalue weighted by Crippen LogP contribution is 2.24. The quantitative estimate of drug-likeness (QED) is 0.847. The van der Waals surface area contributed by atoms with E-state index in [1.165, 1.54) is 0 Å². The number of thioether (sulfide) groups is 1. The fraction of sp³-hybridized carbons (Fsp3) is 0.909. The van der Waals surface area contributed by atoms with Gasteiger partial charge in [-0.15, -0.1) is 24.2 Å². The largest absolute Gasteiger partial charge is 0.342 e. The van der Waals surface area contributed by atoms with E-state index in [0.717, 1.165) is 19.5 Å². The molecule has 1 saturated heterocycles. The number of rotatable bonds is 3. The van der Waals surface area contributed by atoms with Gasteiger partial charge >= 0.3 is 0 Å². The predicted octanol–water partition coefficient (Wildman–Crippen LogP) is 1.75. The molecule has 0 radical (unpaired) electrons.